The van der Waals surface area contributed by atoms with E-state index in [1.807, 2.05) is 18.2 Å². The van der Waals surface area contributed by atoms with Gasteiger partial charge in [0.2, 0.25) is 0 Å². The first-order valence-electron chi connectivity index (χ1n) is 11.2. The lowest BCUT2D eigenvalue weighted by atomic mass is 9.92. The third-order valence-electron chi connectivity index (χ3n) is 6.27. The van der Waals surface area contributed by atoms with Gasteiger partial charge in [-0.15, -0.1) is 0 Å². The van der Waals surface area contributed by atoms with Gasteiger partial charge in [-0.2, -0.15) is 0 Å². The van der Waals surface area contributed by atoms with E-state index >= 15 is 0 Å². The van der Waals surface area contributed by atoms with Gasteiger partial charge in [0.1, 0.15) is 28.4 Å². The summed E-state index contributed by atoms with van der Waals surface area (Å²) in [6.07, 6.45) is 2.03. The average Bonchev–Trinajstić information content (AvgIpc) is 3.34. The van der Waals surface area contributed by atoms with Gasteiger partial charge in [0, 0.05) is 30.3 Å². The number of benzene rings is 2. The predicted molar refractivity (Wildman–Crippen MR) is 137 cm³/mol. The van der Waals surface area contributed by atoms with Gasteiger partial charge in [0.05, 0.1) is 36.3 Å². The highest BCUT2D eigenvalue weighted by Gasteiger charge is 2.48. The van der Waals surface area contributed by atoms with Crippen molar-refractivity contribution < 1.29 is 24.1 Å². The Morgan fingerprint density at radius 3 is 2.67 bits per heavy atom. The highest BCUT2D eigenvalue weighted by molar-refractivity contribution is 6.31. The lowest BCUT2D eigenvalue weighted by Crippen LogP contribution is -2.61. The van der Waals surface area contributed by atoms with Crippen LogP contribution >= 0.6 is 11.6 Å². The van der Waals surface area contributed by atoms with Crippen molar-refractivity contribution in [3.8, 4) is 17.2 Å². The molecule has 5 rings (SSSR count). The Labute approximate surface area is 212 Å². The smallest absolute Gasteiger partial charge is 0.252 e. The third kappa shape index (κ3) is 4.01. The van der Waals surface area contributed by atoms with Gasteiger partial charge in [-0.1, -0.05) is 17.7 Å². The number of aliphatic hydroxyl groups is 1. The van der Waals surface area contributed by atoms with E-state index in [1.54, 1.807) is 61.7 Å². The number of anilines is 2. The number of pyridine rings is 1. The van der Waals surface area contributed by atoms with Gasteiger partial charge in [0.25, 0.3) is 5.91 Å². The minimum absolute atomic E-state index is 0.0260. The van der Waals surface area contributed by atoms with E-state index in [2.05, 4.69) is 15.3 Å². The number of amides is 1. The molecule has 0 bridgehead atoms. The van der Waals surface area contributed by atoms with Crippen LogP contribution in [0.2, 0.25) is 5.02 Å². The lowest BCUT2D eigenvalue weighted by molar-refractivity contribution is -0.124. The predicted octanol–water partition coefficient (Wildman–Crippen LogP) is 4.87. The van der Waals surface area contributed by atoms with E-state index in [9.17, 15) is 9.90 Å². The fourth-order valence-electron chi connectivity index (χ4n) is 4.49. The van der Waals surface area contributed by atoms with E-state index < -0.39 is 11.8 Å². The third-order valence-corrected chi connectivity index (χ3v) is 6.59. The van der Waals surface area contributed by atoms with Crippen LogP contribution < -0.4 is 19.7 Å². The Bertz CT molecular complexity index is 1440. The number of nitrogens with one attached hydrogen (secondary N) is 2. The molecule has 1 amide bonds. The molecule has 0 saturated carbocycles. The number of hydrogen-bond acceptors (Lipinski definition) is 7. The first kappa shape index (κ1) is 23.9. The summed E-state index contributed by atoms with van der Waals surface area (Å²) in [5.74, 6) is 1.39. The molecule has 186 valence electrons. The van der Waals surface area contributed by atoms with E-state index in [-0.39, 0.29) is 17.5 Å². The zero-order chi connectivity index (χ0) is 25.4. The zero-order valence-corrected chi connectivity index (χ0v) is 20.7. The minimum atomic E-state index is -1.28. The number of carbonyl (C=O) groups is 1. The van der Waals surface area contributed by atoms with Gasteiger partial charge in [0.15, 0.2) is 6.23 Å². The van der Waals surface area contributed by atoms with E-state index in [0.29, 0.717) is 39.8 Å². The molecule has 1 aliphatic rings. The molecule has 36 heavy (non-hydrogen) atoms. The van der Waals surface area contributed by atoms with Gasteiger partial charge in [-0.05, 0) is 43.3 Å². The maximum atomic E-state index is 13.2. The van der Waals surface area contributed by atoms with Gasteiger partial charge < -0.3 is 34.5 Å². The number of aliphatic hydroxyl groups excluding tert-OH is 1. The van der Waals surface area contributed by atoms with Crippen LogP contribution in [-0.4, -0.2) is 47.3 Å². The van der Waals surface area contributed by atoms with E-state index in [1.165, 1.54) is 7.11 Å². The largest absolute Gasteiger partial charge is 0.497 e. The summed E-state index contributed by atoms with van der Waals surface area (Å²) in [5, 5.41) is 15.6. The minimum Gasteiger partial charge on any atom is -0.497 e. The lowest BCUT2D eigenvalue weighted by Gasteiger charge is -2.47. The number of aromatic nitrogens is 2. The molecular weight excluding hydrogens is 484 g/mol. The molecule has 1 aliphatic heterocycles. The van der Waals surface area contributed by atoms with Crippen molar-refractivity contribution in [1.29, 1.82) is 0 Å². The molecule has 3 N–H and O–H groups in total. The maximum Gasteiger partial charge on any atom is 0.252 e. The second-order valence-corrected chi connectivity index (χ2v) is 9.04. The summed E-state index contributed by atoms with van der Waals surface area (Å²) in [4.78, 5) is 22.3. The molecule has 2 aromatic carbocycles. The number of H-pyrrole nitrogens is 1. The van der Waals surface area contributed by atoms with Gasteiger partial charge in [-0.3, -0.25) is 4.79 Å². The Kier molecular flexibility index (Phi) is 6.21. The number of aromatic amines is 1. The monoisotopic (exact) mass is 508 g/mol. The van der Waals surface area contributed by atoms with Crippen LogP contribution in [-0.2, 0) is 9.53 Å². The average molecular weight is 509 g/mol. The number of nitrogens with zero attached hydrogens (tertiary/aromatic N) is 2. The Morgan fingerprint density at radius 1 is 1.14 bits per heavy atom. The molecule has 0 aliphatic carbocycles. The summed E-state index contributed by atoms with van der Waals surface area (Å²) in [7, 11) is 3.09. The number of ether oxygens (including phenoxy) is 3. The van der Waals surface area contributed by atoms with Crippen LogP contribution in [0.1, 0.15) is 18.7 Å². The van der Waals surface area contributed by atoms with Gasteiger partial charge in [-0.25, -0.2) is 4.98 Å². The van der Waals surface area contributed by atoms with Crippen molar-refractivity contribution in [2.45, 2.75) is 18.7 Å². The van der Waals surface area contributed by atoms with Crippen molar-refractivity contribution >= 4 is 39.9 Å². The summed E-state index contributed by atoms with van der Waals surface area (Å²) in [5.41, 5.74) is 0.869. The molecule has 0 fully saturated rings. The van der Waals surface area contributed by atoms with Gasteiger partial charge >= 0.3 is 0 Å². The summed E-state index contributed by atoms with van der Waals surface area (Å²) in [6, 6.07) is 14.0. The molecule has 10 heteroatoms. The van der Waals surface area contributed by atoms with Crippen molar-refractivity contribution in [3.63, 3.8) is 0 Å². The van der Waals surface area contributed by atoms with Crippen molar-refractivity contribution in [2.24, 2.45) is 0 Å². The van der Waals surface area contributed by atoms with Crippen LogP contribution in [0.15, 0.2) is 60.9 Å². The highest BCUT2D eigenvalue weighted by atomic mass is 35.5. The quantitative estimate of drug-likeness (QED) is 0.326. The molecule has 2 atom stereocenters. The summed E-state index contributed by atoms with van der Waals surface area (Å²) >= 11 is 6.66. The molecule has 0 spiro atoms. The number of rotatable bonds is 7. The number of carbonyl (C=O) groups excluding carboxylic acids is 1. The Balaban J connectivity index is 1.56. The van der Waals surface area contributed by atoms with Crippen LogP contribution in [0.5, 0.6) is 17.2 Å². The molecule has 3 heterocycles. The normalized spacial score (nSPS) is 18.0. The van der Waals surface area contributed by atoms with Crippen molar-refractivity contribution in [2.75, 3.05) is 31.0 Å². The molecule has 4 aromatic rings. The summed E-state index contributed by atoms with van der Waals surface area (Å²) < 4.78 is 16.6. The second kappa shape index (κ2) is 9.34. The number of hydrogen-bond donors (Lipinski definition) is 3. The molecule has 0 saturated heterocycles. The van der Waals surface area contributed by atoms with Crippen molar-refractivity contribution in [1.82, 2.24) is 9.97 Å². The van der Waals surface area contributed by atoms with E-state index in [4.69, 9.17) is 25.8 Å². The molecule has 2 unspecified atom stereocenters. The number of halogens is 1. The summed E-state index contributed by atoms with van der Waals surface area (Å²) in [6.45, 7) is 1.74. The number of fused-ring (bicyclic) bond motifs is 3. The zero-order valence-electron chi connectivity index (χ0n) is 19.9. The standard InChI is InChI=1S/C26H25ClN4O5/c1-26(14-34-2)25(33)30-21-13-29-23-19(9-10-28-23)22(21)31(26)24(32)18-8-7-17(12-20(18)27)36-16-6-4-5-15(11-16)35-3/h4-13,24,32H,14H2,1-3H3,(H,28,29)(H,30,33). The molecular formula is C26H25ClN4O5. The van der Waals surface area contributed by atoms with Crippen LogP contribution in [0, 0.1) is 0 Å². The maximum absolute atomic E-state index is 13.2. The highest BCUT2D eigenvalue weighted by Crippen LogP contribution is 2.46. The second-order valence-electron chi connectivity index (χ2n) is 8.63. The fraction of sp³-hybridized carbons (Fsp3) is 0.231. The first-order chi connectivity index (χ1) is 17.4. The van der Waals surface area contributed by atoms with E-state index in [0.717, 1.165) is 5.39 Å². The molecule has 2 aromatic heterocycles. The molecule has 0 radical (unpaired) electrons. The molecule has 9 nitrogen and oxygen atoms in total. The first-order valence-corrected chi connectivity index (χ1v) is 11.6. The SMILES string of the molecule is COCC1(C)C(=O)Nc2cnc3[nH]ccc3c2N1C(O)c1ccc(Oc2cccc(OC)c2)cc1Cl. The van der Waals surface area contributed by atoms with Crippen LogP contribution in [0.3, 0.4) is 0 Å². The van der Waals surface area contributed by atoms with Crippen LogP contribution in [0.4, 0.5) is 11.4 Å². The Hall–Kier alpha value is -3.79. The topological polar surface area (TPSA) is 109 Å². The van der Waals surface area contributed by atoms with Crippen molar-refractivity contribution in [3.05, 3.63) is 71.5 Å². The fourth-order valence-corrected chi connectivity index (χ4v) is 4.76. The number of methoxy groups -OCH3 is 2. The van der Waals surface area contributed by atoms with Crippen LogP contribution in [0.25, 0.3) is 11.0 Å². The Morgan fingerprint density at radius 2 is 1.92 bits per heavy atom.